The van der Waals surface area contributed by atoms with Gasteiger partial charge in [0, 0.05) is 43.6 Å². The average Bonchev–Trinajstić information content (AvgIpc) is 3.30. The number of pyridine rings is 1. The number of anilines is 1. The van der Waals surface area contributed by atoms with Crippen LogP contribution in [0.5, 0.6) is 0 Å². The summed E-state index contributed by atoms with van der Waals surface area (Å²) in [6.45, 7) is 3.21. The molecule has 0 radical (unpaired) electrons. The van der Waals surface area contributed by atoms with Crippen molar-refractivity contribution in [2.75, 3.05) is 32.1 Å². The Hall–Kier alpha value is -1.13. The predicted molar refractivity (Wildman–Crippen MR) is 83.0 cm³/mol. The van der Waals surface area contributed by atoms with Crippen molar-refractivity contribution in [3.8, 4) is 0 Å². The topological polar surface area (TPSA) is 31.4 Å². The monoisotopic (exact) mass is 274 g/mol. The Labute approximate surface area is 122 Å². The predicted octanol–water partition coefficient (Wildman–Crippen LogP) is 1.86. The number of hydrogen-bond acceptors (Lipinski definition) is 4. The second kappa shape index (κ2) is 6.10. The summed E-state index contributed by atoms with van der Waals surface area (Å²) < 4.78 is 0. The van der Waals surface area contributed by atoms with Crippen molar-refractivity contribution >= 4 is 5.69 Å². The molecule has 3 rings (SSSR count). The van der Waals surface area contributed by atoms with Gasteiger partial charge in [0.2, 0.25) is 0 Å². The Morgan fingerprint density at radius 3 is 2.95 bits per heavy atom. The van der Waals surface area contributed by atoms with Crippen molar-refractivity contribution in [1.82, 2.24) is 15.2 Å². The molecule has 1 aromatic rings. The smallest absolute Gasteiger partial charge is 0.0562 e. The second-order valence-corrected chi connectivity index (χ2v) is 6.37. The van der Waals surface area contributed by atoms with E-state index in [4.69, 9.17) is 0 Å². The Morgan fingerprint density at radius 2 is 2.20 bits per heavy atom. The molecular formula is C16H26N4. The highest BCUT2D eigenvalue weighted by molar-refractivity contribution is 5.47. The summed E-state index contributed by atoms with van der Waals surface area (Å²) >= 11 is 0. The molecule has 1 saturated carbocycles. The van der Waals surface area contributed by atoms with Crippen LogP contribution < -0.4 is 10.2 Å². The van der Waals surface area contributed by atoms with Crippen LogP contribution in [-0.4, -0.2) is 49.2 Å². The fourth-order valence-corrected chi connectivity index (χ4v) is 2.91. The van der Waals surface area contributed by atoms with Gasteiger partial charge in [-0.25, -0.2) is 0 Å². The van der Waals surface area contributed by atoms with Crippen molar-refractivity contribution in [1.29, 1.82) is 0 Å². The van der Waals surface area contributed by atoms with Crippen LogP contribution >= 0.6 is 0 Å². The first-order chi connectivity index (χ1) is 9.72. The van der Waals surface area contributed by atoms with Gasteiger partial charge in [-0.15, -0.1) is 0 Å². The molecule has 1 unspecified atom stereocenters. The van der Waals surface area contributed by atoms with Crippen molar-refractivity contribution in [3.05, 3.63) is 24.0 Å². The summed E-state index contributed by atoms with van der Waals surface area (Å²) in [5.41, 5.74) is 2.50. The number of rotatable bonds is 5. The Balaban J connectivity index is 1.64. The normalized spacial score (nSPS) is 23.4. The second-order valence-electron chi connectivity index (χ2n) is 6.37. The molecule has 1 atom stereocenters. The number of aromatic nitrogens is 1. The maximum absolute atomic E-state index is 4.49. The minimum atomic E-state index is 0.671. The highest BCUT2D eigenvalue weighted by atomic mass is 15.2. The zero-order chi connectivity index (χ0) is 13.9. The van der Waals surface area contributed by atoms with Gasteiger partial charge < -0.3 is 15.1 Å². The molecule has 0 amide bonds. The first kappa shape index (κ1) is 13.8. The molecule has 2 fully saturated rings. The van der Waals surface area contributed by atoms with Gasteiger partial charge in [-0.2, -0.15) is 0 Å². The van der Waals surface area contributed by atoms with E-state index in [0.717, 1.165) is 19.1 Å². The minimum Gasteiger partial charge on any atom is -0.370 e. The van der Waals surface area contributed by atoms with Crippen molar-refractivity contribution in [2.24, 2.45) is 0 Å². The van der Waals surface area contributed by atoms with Crippen LogP contribution in [0.25, 0.3) is 0 Å². The number of hydrogen-bond donors (Lipinski definition) is 1. The standard InChI is InChI=1S/C16H26N4/c1-19(2)16-4-3-9-20(12-16)15-7-8-17-14(10-15)11-18-13-5-6-13/h7-8,10,13,16,18H,3-6,9,11-12H2,1-2H3. The summed E-state index contributed by atoms with van der Waals surface area (Å²) in [4.78, 5) is 9.35. The molecule has 110 valence electrons. The van der Waals surface area contributed by atoms with Crippen LogP contribution in [0, 0.1) is 0 Å². The largest absolute Gasteiger partial charge is 0.370 e. The molecule has 4 heteroatoms. The maximum Gasteiger partial charge on any atom is 0.0562 e. The SMILES string of the molecule is CN(C)C1CCCN(c2ccnc(CNC3CC3)c2)C1. The summed E-state index contributed by atoms with van der Waals surface area (Å²) in [7, 11) is 4.37. The molecule has 1 aliphatic heterocycles. The summed E-state index contributed by atoms with van der Waals surface area (Å²) in [5.74, 6) is 0. The average molecular weight is 274 g/mol. The molecule has 1 saturated heterocycles. The van der Waals surface area contributed by atoms with E-state index in [1.165, 1.54) is 43.6 Å². The van der Waals surface area contributed by atoms with Gasteiger partial charge in [0.05, 0.1) is 5.69 Å². The van der Waals surface area contributed by atoms with Crippen LogP contribution in [0.4, 0.5) is 5.69 Å². The fourth-order valence-electron chi connectivity index (χ4n) is 2.91. The van der Waals surface area contributed by atoms with E-state index in [1.807, 2.05) is 6.20 Å². The van der Waals surface area contributed by atoms with E-state index in [1.54, 1.807) is 0 Å². The first-order valence-electron chi connectivity index (χ1n) is 7.82. The Kier molecular flexibility index (Phi) is 4.22. The maximum atomic E-state index is 4.49. The number of piperidine rings is 1. The third-order valence-electron chi connectivity index (χ3n) is 4.44. The molecule has 1 aromatic heterocycles. The third-order valence-corrected chi connectivity index (χ3v) is 4.44. The van der Waals surface area contributed by atoms with Crippen molar-refractivity contribution in [2.45, 2.75) is 44.3 Å². The lowest BCUT2D eigenvalue weighted by atomic mass is 10.0. The number of nitrogens with one attached hydrogen (secondary N) is 1. The lowest BCUT2D eigenvalue weighted by molar-refractivity contribution is 0.258. The molecule has 0 aromatic carbocycles. The molecule has 2 aliphatic rings. The van der Waals surface area contributed by atoms with Gasteiger partial charge in [-0.05, 0) is 51.9 Å². The van der Waals surface area contributed by atoms with Crippen molar-refractivity contribution in [3.63, 3.8) is 0 Å². The van der Waals surface area contributed by atoms with E-state index in [9.17, 15) is 0 Å². The van der Waals surface area contributed by atoms with Gasteiger partial charge in [-0.3, -0.25) is 4.98 Å². The van der Waals surface area contributed by atoms with Crippen LogP contribution in [-0.2, 0) is 6.54 Å². The van der Waals surface area contributed by atoms with Gasteiger partial charge in [0.25, 0.3) is 0 Å². The molecule has 2 heterocycles. The van der Waals surface area contributed by atoms with Gasteiger partial charge in [-0.1, -0.05) is 0 Å². The summed E-state index contributed by atoms with van der Waals surface area (Å²) in [6, 6.07) is 5.82. The zero-order valence-electron chi connectivity index (χ0n) is 12.7. The number of likely N-dealkylation sites (N-methyl/N-ethyl adjacent to an activating group) is 1. The highest BCUT2D eigenvalue weighted by Gasteiger charge is 2.22. The molecular weight excluding hydrogens is 248 g/mol. The molecule has 4 nitrogen and oxygen atoms in total. The van der Waals surface area contributed by atoms with Crippen LogP contribution in [0.15, 0.2) is 18.3 Å². The number of nitrogens with zero attached hydrogens (tertiary/aromatic N) is 3. The lowest BCUT2D eigenvalue weighted by Gasteiger charge is -2.37. The minimum absolute atomic E-state index is 0.671. The Bertz CT molecular complexity index is 442. The van der Waals surface area contributed by atoms with Gasteiger partial charge >= 0.3 is 0 Å². The van der Waals surface area contributed by atoms with Crippen molar-refractivity contribution < 1.29 is 0 Å². The van der Waals surface area contributed by atoms with Crippen LogP contribution in [0.1, 0.15) is 31.4 Å². The molecule has 0 spiro atoms. The van der Waals surface area contributed by atoms with E-state index in [2.05, 4.69) is 46.3 Å². The molecule has 1 aliphatic carbocycles. The van der Waals surface area contributed by atoms with E-state index in [0.29, 0.717) is 6.04 Å². The zero-order valence-corrected chi connectivity index (χ0v) is 12.7. The lowest BCUT2D eigenvalue weighted by Crippen LogP contribution is -2.45. The summed E-state index contributed by atoms with van der Waals surface area (Å²) in [5, 5.41) is 3.54. The van der Waals surface area contributed by atoms with Gasteiger partial charge in [0.15, 0.2) is 0 Å². The highest BCUT2D eigenvalue weighted by Crippen LogP contribution is 2.23. The molecule has 20 heavy (non-hydrogen) atoms. The van der Waals surface area contributed by atoms with Gasteiger partial charge in [0.1, 0.15) is 0 Å². The third kappa shape index (κ3) is 3.49. The van der Waals surface area contributed by atoms with E-state index >= 15 is 0 Å². The molecule has 0 bridgehead atoms. The van der Waals surface area contributed by atoms with E-state index in [-0.39, 0.29) is 0 Å². The van der Waals surface area contributed by atoms with Crippen LogP contribution in [0.3, 0.4) is 0 Å². The first-order valence-corrected chi connectivity index (χ1v) is 7.82. The Morgan fingerprint density at radius 1 is 1.35 bits per heavy atom. The quantitative estimate of drug-likeness (QED) is 0.888. The summed E-state index contributed by atoms with van der Waals surface area (Å²) in [6.07, 6.45) is 7.21. The van der Waals surface area contributed by atoms with E-state index < -0.39 is 0 Å². The molecule has 1 N–H and O–H groups in total. The fraction of sp³-hybridized carbons (Fsp3) is 0.688. The van der Waals surface area contributed by atoms with Crippen LogP contribution in [0.2, 0.25) is 0 Å².